The summed E-state index contributed by atoms with van der Waals surface area (Å²) in [4.78, 5) is 17.2. The summed E-state index contributed by atoms with van der Waals surface area (Å²) in [6.07, 6.45) is -3.82. The number of hydrogen-bond donors (Lipinski definition) is 1. The summed E-state index contributed by atoms with van der Waals surface area (Å²) in [6, 6.07) is 26.4. The van der Waals surface area contributed by atoms with E-state index in [-0.39, 0.29) is 17.4 Å². The highest BCUT2D eigenvalue weighted by Gasteiger charge is 2.34. The number of hydrogen-bond acceptors (Lipinski definition) is 5. The Morgan fingerprint density at radius 2 is 1.22 bits per heavy atom. The second-order valence-electron chi connectivity index (χ2n) is 14.9. The lowest BCUT2D eigenvalue weighted by Crippen LogP contribution is -2.36. The number of aryl methyl sites for hydroxylation is 1. The standard InChI is InChI=1S/C21H22F3N3.C20H19F4NO.C4H10O/c1-26-19-13-17(21(22,23)24)7-8-18(19)20(25-26)16-9-11-27(12-10-16)14-15-5-3-2-4-6-15;21-18-12-16(20(22,23)24)6-7-17(18)19(26)15-8-10-25(11-9-15)13-14-4-2-1-3-5-14;1-2-3-4-5/h2-8,13,16H,9-12,14H2,1H3;1-7,12,15H,8-11,13H2;5H,2-4H2,1H3. The maximum absolute atomic E-state index is 14.0. The monoisotopic (exact) mass is 812 g/mol. The number of aromatic nitrogens is 2. The van der Waals surface area contributed by atoms with Crippen molar-refractivity contribution in [2.24, 2.45) is 13.0 Å². The summed E-state index contributed by atoms with van der Waals surface area (Å²) in [5.74, 6) is -1.57. The van der Waals surface area contributed by atoms with Gasteiger partial charge in [-0.3, -0.25) is 19.3 Å². The fourth-order valence-corrected chi connectivity index (χ4v) is 7.43. The van der Waals surface area contributed by atoms with Crippen molar-refractivity contribution in [3.8, 4) is 0 Å². The molecule has 3 heterocycles. The molecule has 13 heteroatoms. The van der Waals surface area contributed by atoms with Crippen LogP contribution in [0, 0.1) is 11.7 Å². The van der Waals surface area contributed by atoms with E-state index in [1.165, 1.54) is 17.2 Å². The number of alkyl halides is 6. The van der Waals surface area contributed by atoms with Gasteiger partial charge in [0.25, 0.3) is 0 Å². The molecule has 2 aliphatic heterocycles. The topological polar surface area (TPSA) is 61.6 Å². The van der Waals surface area contributed by atoms with Crippen LogP contribution in [0.5, 0.6) is 0 Å². The maximum Gasteiger partial charge on any atom is 0.416 e. The largest absolute Gasteiger partial charge is 0.416 e. The molecule has 5 aromatic rings. The van der Waals surface area contributed by atoms with Crippen LogP contribution in [0.2, 0.25) is 0 Å². The second-order valence-corrected chi connectivity index (χ2v) is 14.9. The van der Waals surface area contributed by atoms with Gasteiger partial charge in [-0.25, -0.2) is 4.39 Å². The number of benzene rings is 4. The quantitative estimate of drug-likeness (QED) is 0.119. The molecule has 1 aromatic heterocycles. The Labute approximate surface area is 335 Å². The first-order chi connectivity index (χ1) is 27.7. The van der Waals surface area contributed by atoms with Gasteiger partial charge in [0, 0.05) is 44.0 Å². The van der Waals surface area contributed by atoms with Gasteiger partial charge >= 0.3 is 12.4 Å². The molecule has 6 nitrogen and oxygen atoms in total. The molecule has 0 atom stereocenters. The molecule has 0 saturated carbocycles. The minimum Gasteiger partial charge on any atom is -0.396 e. The molecule has 2 saturated heterocycles. The molecule has 4 aromatic carbocycles. The number of nitrogens with zero attached hydrogens (tertiary/aromatic N) is 4. The fraction of sp³-hybridized carbons (Fsp3) is 0.422. The van der Waals surface area contributed by atoms with E-state index < -0.39 is 35.1 Å². The lowest BCUT2D eigenvalue weighted by Gasteiger charge is -2.31. The van der Waals surface area contributed by atoms with E-state index >= 15 is 0 Å². The second kappa shape index (κ2) is 20.4. The van der Waals surface area contributed by atoms with Crippen LogP contribution in [-0.2, 0) is 32.5 Å². The van der Waals surface area contributed by atoms with Gasteiger partial charge in [-0.15, -0.1) is 0 Å². The Morgan fingerprint density at radius 1 is 0.724 bits per heavy atom. The summed E-state index contributed by atoms with van der Waals surface area (Å²) in [7, 11) is 1.72. The zero-order valence-corrected chi connectivity index (χ0v) is 32.9. The summed E-state index contributed by atoms with van der Waals surface area (Å²) in [5.41, 5.74) is 2.02. The Kier molecular flexibility index (Phi) is 15.7. The molecule has 312 valence electrons. The molecule has 1 N–H and O–H groups in total. The number of likely N-dealkylation sites (tertiary alicyclic amines) is 2. The zero-order chi connectivity index (χ0) is 41.9. The Bertz CT molecular complexity index is 2030. The van der Waals surface area contributed by atoms with Crippen LogP contribution in [0.1, 0.15) is 89.7 Å². The lowest BCUT2D eigenvalue weighted by molar-refractivity contribution is -0.138. The third-order valence-corrected chi connectivity index (χ3v) is 10.7. The van der Waals surface area contributed by atoms with Crippen LogP contribution in [0.4, 0.5) is 30.7 Å². The van der Waals surface area contributed by atoms with Crippen molar-refractivity contribution in [2.75, 3.05) is 32.8 Å². The Morgan fingerprint density at radius 3 is 1.69 bits per heavy atom. The lowest BCUT2D eigenvalue weighted by atomic mass is 9.88. The minimum atomic E-state index is -4.62. The van der Waals surface area contributed by atoms with Crippen molar-refractivity contribution in [1.82, 2.24) is 19.6 Å². The number of Topliss-reactive ketones (excluding diaryl/α,β-unsaturated/α-hetero) is 1. The number of rotatable bonds is 9. The third kappa shape index (κ3) is 12.2. The molecule has 0 amide bonds. The Hall–Kier alpha value is -4.59. The Balaban J connectivity index is 0.000000198. The minimum absolute atomic E-state index is 0.250. The number of carbonyl (C=O) groups excluding carboxylic acids is 1. The van der Waals surface area contributed by atoms with Crippen molar-refractivity contribution in [2.45, 2.75) is 76.8 Å². The first-order valence-corrected chi connectivity index (χ1v) is 19.8. The summed E-state index contributed by atoms with van der Waals surface area (Å²) < 4.78 is 92.4. The number of fused-ring (bicyclic) bond motifs is 1. The SMILES string of the molecule is CCCCO.Cn1nc(C2CCN(Cc3ccccc3)CC2)c2ccc(C(F)(F)F)cc21.O=C(c1ccc(C(F)(F)F)cc1F)C1CCN(Cc2ccccc2)CC1. The number of halogens is 7. The highest BCUT2D eigenvalue weighted by molar-refractivity contribution is 5.98. The van der Waals surface area contributed by atoms with Crippen LogP contribution < -0.4 is 0 Å². The molecule has 2 fully saturated rings. The highest BCUT2D eigenvalue weighted by Crippen LogP contribution is 2.37. The number of carbonyl (C=O) groups is 1. The molecule has 7 rings (SSSR count). The average Bonchev–Trinajstić information content (AvgIpc) is 3.54. The van der Waals surface area contributed by atoms with E-state index in [9.17, 15) is 35.5 Å². The van der Waals surface area contributed by atoms with E-state index in [2.05, 4.69) is 46.1 Å². The van der Waals surface area contributed by atoms with Gasteiger partial charge < -0.3 is 5.11 Å². The van der Waals surface area contributed by atoms with Crippen molar-refractivity contribution in [1.29, 1.82) is 0 Å². The molecule has 58 heavy (non-hydrogen) atoms. The van der Waals surface area contributed by atoms with Crippen molar-refractivity contribution in [3.05, 3.63) is 136 Å². The number of piperidine rings is 2. The van der Waals surface area contributed by atoms with Gasteiger partial charge in [0.15, 0.2) is 5.78 Å². The molecule has 0 aliphatic carbocycles. The van der Waals surface area contributed by atoms with Crippen molar-refractivity contribution >= 4 is 16.7 Å². The number of unbranched alkanes of at least 4 members (excludes halogenated alkanes) is 1. The average molecular weight is 813 g/mol. The number of aliphatic hydroxyl groups excluding tert-OH is 1. The predicted octanol–water partition coefficient (Wildman–Crippen LogP) is 10.7. The van der Waals surface area contributed by atoms with Gasteiger partial charge in [-0.2, -0.15) is 31.4 Å². The third-order valence-electron chi connectivity index (χ3n) is 10.7. The van der Waals surface area contributed by atoms with Crippen LogP contribution in [0.15, 0.2) is 97.1 Å². The van der Waals surface area contributed by atoms with Crippen molar-refractivity contribution < 1.29 is 40.6 Å². The van der Waals surface area contributed by atoms with Crippen LogP contribution in [-0.4, -0.2) is 63.3 Å². The van der Waals surface area contributed by atoms with Gasteiger partial charge in [0.2, 0.25) is 0 Å². The van der Waals surface area contributed by atoms with Crippen LogP contribution in [0.25, 0.3) is 10.9 Å². The first kappa shape index (κ1) is 44.5. The van der Waals surface area contributed by atoms with Crippen LogP contribution in [0.3, 0.4) is 0 Å². The zero-order valence-electron chi connectivity index (χ0n) is 32.9. The molecular weight excluding hydrogens is 762 g/mol. The number of ketones is 1. The van der Waals surface area contributed by atoms with E-state index in [1.54, 1.807) is 17.8 Å². The summed E-state index contributed by atoms with van der Waals surface area (Å²) in [5, 5.41) is 13.5. The van der Waals surface area contributed by atoms with Gasteiger partial charge in [0.05, 0.1) is 27.9 Å². The molecule has 0 unspecified atom stereocenters. The maximum atomic E-state index is 14.0. The van der Waals surface area contributed by atoms with E-state index in [1.807, 2.05) is 36.4 Å². The molecule has 0 spiro atoms. The van der Waals surface area contributed by atoms with E-state index in [4.69, 9.17) is 5.11 Å². The van der Waals surface area contributed by atoms with Gasteiger partial charge in [-0.1, -0.05) is 80.1 Å². The smallest absolute Gasteiger partial charge is 0.396 e. The summed E-state index contributed by atoms with van der Waals surface area (Å²) >= 11 is 0. The highest BCUT2D eigenvalue weighted by atomic mass is 19.4. The summed E-state index contributed by atoms with van der Waals surface area (Å²) in [6.45, 7) is 7.46. The molecule has 0 bridgehead atoms. The van der Waals surface area contributed by atoms with Gasteiger partial charge in [-0.05, 0) is 99.7 Å². The predicted molar refractivity (Wildman–Crippen MR) is 212 cm³/mol. The normalized spacial score (nSPS) is 16.0. The van der Waals surface area contributed by atoms with E-state index in [0.29, 0.717) is 44.1 Å². The van der Waals surface area contributed by atoms with Gasteiger partial charge in [0.1, 0.15) is 5.82 Å². The van der Waals surface area contributed by atoms with Crippen molar-refractivity contribution in [3.63, 3.8) is 0 Å². The molecular formula is C45H51F7N4O2. The first-order valence-electron chi connectivity index (χ1n) is 19.8. The molecule has 0 radical (unpaired) electrons. The number of aliphatic hydroxyl groups is 1. The van der Waals surface area contributed by atoms with Crippen LogP contribution >= 0.6 is 0 Å². The van der Waals surface area contributed by atoms with E-state index in [0.717, 1.165) is 81.1 Å². The molecule has 2 aliphatic rings. The fourth-order valence-electron chi connectivity index (χ4n) is 7.43.